The highest BCUT2D eigenvalue weighted by molar-refractivity contribution is 5.85. The largest absolute Gasteiger partial charge is 0.467 e. The van der Waals surface area contributed by atoms with Gasteiger partial charge in [-0.1, -0.05) is 36.4 Å². The fourth-order valence-corrected chi connectivity index (χ4v) is 4.57. The van der Waals surface area contributed by atoms with E-state index in [1.165, 1.54) is 19.8 Å². The molecule has 2 N–H and O–H groups in total. The zero-order chi connectivity index (χ0) is 27.9. The number of nitrogens with zero attached hydrogens (tertiary/aromatic N) is 2. The molecule has 0 aliphatic carbocycles. The van der Waals surface area contributed by atoms with Gasteiger partial charge in [0.25, 0.3) is 0 Å². The summed E-state index contributed by atoms with van der Waals surface area (Å²) in [4.78, 5) is 31.4. The van der Waals surface area contributed by atoms with Gasteiger partial charge in [0.1, 0.15) is 24.6 Å². The van der Waals surface area contributed by atoms with Crippen LogP contribution in [-0.2, 0) is 38.5 Å². The maximum atomic E-state index is 14.4. The molecule has 11 heteroatoms. The number of ether oxygens (including phenoxy) is 3. The van der Waals surface area contributed by atoms with E-state index in [2.05, 4.69) is 22.8 Å². The van der Waals surface area contributed by atoms with Crippen molar-refractivity contribution in [3.05, 3.63) is 59.3 Å². The maximum Gasteiger partial charge on any atom is 0.408 e. The van der Waals surface area contributed by atoms with Crippen molar-refractivity contribution in [2.45, 2.75) is 57.3 Å². The Bertz CT molecular complexity index is 1030. The third-order valence-electron chi connectivity index (χ3n) is 6.64. The lowest BCUT2D eigenvalue weighted by Crippen LogP contribution is -2.45. The minimum Gasteiger partial charge on any atom is -0.467 e. The van der Waals surface area contributed by atoms with Crippen molar-refractivity contribution in [3.8, 4) is 0 Å². The number of esters is 1. The van der Waals surface area contributed by atoms with Crippen LogP contribution in [0.2, 0.25) is 0 Å². The number of hydrogen-bond acceptors (Lipinski definition) is 8. The molecule has 0 unspecified atom stereocenters. The number of rotatable bonds is 16. The van der Waals surface area contributed by atoms with Crippen molar-refractivity contribution >= 4 is 30.3 Å². The monoisotopic (exact) mass is 580 g/mol. The summed E-state index contributed by atoms with van der Waals surface area (Å²) in [5.74, 6) is 0.413. The van der Waals surface area contributed by atoms with Crippen LogP contribution >= 0.6 is 12.4 Å². The van der Waals surface area contributed by atoms with Crippen LogP contribution in [0.3, 0.4) is 0 Å². The van der Waals surface area contributed by atoms with Gasteiger partial charge in [0, 0.05) is 32.4 Å². The number of carbonyl (C=O) groups excluding carboxylic acids is 2. The number of aromatic nitrogens is 1. The molecule has 3 rings (SSSR count). The van der Waals surface area contributed by atoms with E-state index in [0.29, 0.717) is 13.1 Å². The molecule has 2 heterocycles. The fraction of sp³-hybridized carbons (Fsp3) is 0.552. The first-order valence-electron chi connectivity index (χ1n) is 13.6. The predicted octanol–water partition coefficient (Wildman–Crippen LogP) is 4.33. The van der Waals surface area contributed by atoms with Crippen LogP contribution in [0.5, 0.6) is 0 Å². The second kappa shape index (κ2) is 18.4. The number of hydrogen-bond donors (Lipinski definition) is 2. The Kier molecular flexibility index (Phi) is 15.3. The number of carbonyl (C=O) groups is 2. The zero-order valence-electron chi connectivity index (χ0n) is 23.4. The molecule has 0 radical (unpaired) electrons. The highest BCUT2D eigenvalue weighted by Crippen LogP contribution is 2.20. The number of halogens is 2. The highest BCUT2D eigenvalue weighted by Gasteiger charge is 2.24. The number of pyridine rings is 1. The lowest BCUT2D eigenvalue weighted by Gasteiger charge is -2.26. The van der Waals surface area contributed by atoms with Crippen LogP contribution < -0.4 is 10.6 Å². The summed E-state index contributed by atoms with van der Waals surface area (Å²) in [7, 11) is 2.74. The fourth-order valence-electron chi connectivity index (χ4n) is 4.57. The summed E-state index contributed by atoms with van der Waals surface area (Å²) in [6.45, 7) is 2.23. The normalized spacial score (nSPS) is 13.8. The molecule has 1 aliphatic heterocycles. The van der Waals surface area contributed by atoms with E-state index in [-0.39, 0.29) is 38.6 Å². The van der Waals surface area contributed by atoms with Crippen LogP contribution in [-0.4, -0.2) is 81.2 Å². The van der Waals surface area contributed by atoms with Gasteiger partial charge in [-0.05, 0) is 62.3 Å². The van der Waals surface area contributed by atoms with E-state index >= 15 is 0 Å². The SMILES string of the molecule is COC[C@@H](F)CN(CCCCc1ccc2c(n1)NCCC2)CC[C@H](NC(=O)OCc1ccccc1)C(=O)OC.Cl. The Morgan fingerprint density at radius 1 is 1.12 bits per heavy atom. The summed E-state index contributed by atoms with van der Waals surface area (Å²) in [5, 5.41) is 5.96. The van der Waals surface area contributed by atoms with E-state index in [1.807, 2.05) is 35.2 Å². The minimum atomic E-state index is -1.16. The number of unbranched alkanes of at least 4 members (excludes halogenated alkanes) is 1. The van der Waals surface area contributed by atoms with Gasteiger partial charge in [-0.15, -0.1) is 12.4 Å². The number of alkyl halides is 1. The first-order valence-corrected chi connectivity index (χ1v) is 13.6. The van der Waals surface area contributed by atoms with Gasteiger partial charge in [0.05, 0.1) is 13.7 Å². The number of benzene rings is 1. The summed E-state index contributed by atoms with van der Waals surface area (Å²) in [6, 6.07) is 12.6. The number of amides is 1. The van der Waals surface area contributed by atoms with Gasteiger partial charge in [-0.25, -0.2) is 19.0 Å². The molecule has 0 spiro atoms. The Hall–Kier alpha value is -2.95. The van der Waals surface area contributed by atoms with Crippen LogP contribution in [0, 0.1) is 0 Å². The Balaban J connectivity index is 0.00000560. The number of nitrogens with one attached hydrogen (secondary N) is 2. The maximum absolute atomic E-state index is 14.4. The van der Waals surface area contributed by atoms with Crippen molar-refractivity contribution in [3.63, 3.8) is 0 Å². The predicted molar refractivity (Wildman–Crippen MR) is 155 cm³/mol. The van der Waals surface area contributed by atoms with Gasteiger partial charge in [-0.2, -0.15) is 0 Å². The third-order valence-corrected chi connectivity index (χ3v) is 6.64. The molecular weight excluding hydrogens is 539 g/mol. The molecular formula is C29H42ClFN4O5. The average molecular weight is 581 g/mol. The standard InChI is InChI=1S/C29H41FN4O5.ClH/c1-37-21-24(30)19-34(17-7-6-12-25-14-13-23-11-8-16-31-27(23)32-25)18-15-26(28(35)38-2)33-29(36)39-20-22-9-4-3-5-10-22;/h3-5,9-10,13-14,24,26H,6-8,11-12,15-21H2,1-2H3,(H,31,32)(H,33,36);1H/t24-,26-;/m0./s1. The lowest BCUT2D eigenvalue weighted by molar-refractivity contribution is -0.143. The smallest absolute Gasteiger partial charge is 0.408 e. The molecule has 0 bridgehead atoms. The highest BCUT2D eigenvalue weighted by atomic mass is 35.5. The molecule has 1 aromatic carbocycles. The molecule has 222 valence electrons. The molecule has 9 nitrogen and oxygen atoms in total. The zero-order valence-corrected chi connectivity index (χ0v) is 24.2. The van der Waals surface area contributed by atoms with Gasteiger partial charge >= 0.3 is 12.1 Å². The Morgan fingerprint density at radius 2 is 1.93 bits per heavy atom. The Morgan fingerprint density at radius 3 is 2.67 bits per heavy atom. The van der Waals surface area contributed by atoms with Crippen molar-refractivity contribution in [1.29, 1.82) is 0 Å². The van der Waals surface area contributed by atoms with Gasteiger partial charge in [0.2, 0.25) is 0 Å². The topological polar surface area (TPSA) is 102 Å². The molecule has 1 aliphatic rings. The first-order chi connectivity index (χ1) is 19.0. The van der Waals surface area contributed by atoms with Crippen molar-refractivity contribution < 1.29 is 28.2 Å². The summed E-state index contributed by atoms with van der Waals surface area (Å²) < 4.78 is 29.5. The van der Waals surface area contributed by atoms with Crippen molar-refractivity contribution in [1.82, 2.24) is 15.2 Å². The first kappa shape index (κ1) is 33.3. The van der Waals surface area contributed by atoms with Crippen molar-refractivity contribution in [2.24, 2.45) is 0 Å². The summed E-state index contributed by atoms with van der Waals surface area (Å²) >= 11 is 0. The van der Waals surface area contributed by atoms with E-state index in [4.69, 9.17) is 19.2 Å². The Labute approximate surface area is 242 Å². The molecule has 2 aromatic rings. The van der Waals surface area contributed by atoms with Gasteiger partial charge in [0.15, 0.2) is 0 Å². The van der Waals surface area contributed by atoms with Crippen LogP contribution in [0.15, 0.2) is 42.5 Å². The van der Waals surface area contributed by atoms with Crippen LogP contribution in [0.4, 0.5) is 15.0 Å². The van der Waals surface area contributed by atoms with Crippen molar-refractivity contribution in [2.75, 3.05) is 52.3 Å². The second-order valence-corrected chi connectivity index (χ2v) is 9.72. The van der Waals surface area contributed by atoms with E-state index in [1.54, 1.807) is 0 Å². The average Bonchev–Trinajstić information content (AvgIpc) is 2.96. The number of aryl methyl sites for hydroxylation is 2. The second-order valence-electron chi connectivity index (χ2n) is 9.72. The molecule has 0 saturated carbocycles. The molecule has 1 aromatic heterocycles. The lowest BCUT2D eigenvalue weighted by atomic mass is 10.1. The molecule has 0 fully saturated rings. The van der Waals surface area contributed by atoms with Gasteiger partial charge < -0.3 is 29.7 Å². The molecule has 40 heavy (non-hydrogen) atoms. The quantitative estimate of drug-likeness (QED) is 0.223. The molecule has 2 atom stereocenters. The summed E-state index contributed by atoms with van der Waals surface area (Å²) in [6.07, 6.45) is 3.13. The van der Waals surface area contributed by atoms with Gasteiger partial charge in [-0.3, -0.25) is 0 Å². The van der Waals surface area contributed by atoms with E-state index < -0.39 is 24.3 Å². The third kappa shape index (κ3) is 11.7. The minimum absolute atomic E-state index is 0. The van der Waals surface area contributed by atoms with Crippen LogP contribution in [0.1, 0.15) is 42.5 Å². The number of methoxy groups -OCH3 is 2. The number of fused-ring (bicyclic) bond motifs is 1. The van der Waals surface area contributed by atoms with Crippen LogP contribution in [0.25, 0.3) is 0 Å². The van der Waals surface area contributed by atoms with E-state index in [0.717, 1.165) is 55.7 Å². The molecule has 1 amide bonds. The van der Waals surface area contributed by atoms with E-state index in [9.17, 15) is 14.0 Å². The number of anilines is 1. The number of alkyl carbamates (subject to hydrolysis) is 1. The summed E-state index contributed by atoms with van der Waals surface area (Å²) in [5.41, 5.74) is 3.14. The molecule has 0 saturated heterocycles.